The van der Waals surface area contributed by atoms with Gasteiger partial charge in [0.1, 0.15) is 0 Å². The molecule has 1 aliphatic carbocycles. The summed E-state index contributed by atoms with van der Waals surface area (Å²) in [5.74, 6) is -0.0226. The van der Waals surface area contributed by atoms with Crippen LogP contribution >= 0.6 is 0 Å². The van der Waals surface area contributed by atoms with Gasteiger partial charge in [-0.1, -0.05) is 6.92 Å². The Hall–Kier alpha value is -0.610. The zero-order chi connectivity index (χ0) is 11.5. The summed E-state index contributed by atoms with van der Waals surface area (Å²) in [7, 11) is 4.15. The molecular formula is C11H23N3O. The Bertz CT molecular complexity index is 224. The molecule has 4 nitrogen and oxygen atoms in total. The van der Waals surface area contributed by atoms with Crippen molar-refractivity contribution in [2.75, 3.05) is 20.6 Å². The van der Waals surface area contributed by atoms with E-state index in [-0.39, 0.29) is 17.5 Å². The molecule has 1 fully saturated rings. The minimum atomic E-state index is -0.357. The summed E-state index contributed by atoms with van der Waals surface area (Å²) in [6, 6.07) is -0.357. The first kappa shape index (κ1) is 12.5. The van der Waals surface area contributed by atoms with Crippen molar-refractivity contribution in [3.8, 4) is 0 Å². The summed E-state index contributed by atoms with van der Waals surface area (Å²) in [4.78, 5) is 13.7. The van der Waals surface area contributed by atoms with E-state index in [1.807, 2.05) is 6.92 Å². The van der Waals surface area contributed by atoms with Crippen LogP contribution in [0.5, 0.6) is 0 Å². The molecule has 0 aromatic heterocycles. The summed E-state index contributed by atoms with van der Waals surface area (Å²) < 4.78 is 0. The lowest BCUT2D eigenvalue weighted by atomic mass is 9.75. The van der Waals surface area contributed by atoms with Gasteiger partial charge in [-0.15, -0.1) is 0 Å². The number of nitrogens with one attached hydrogen (secondary N) is 1. The number of likely N-dealkylation sites (N-methyl/N-ethyl adjacent to an activating group) is 1. The Kier molecular flexibility index (Phi) is 4.11. The van der Waals surface area contributed by atoms with E-state index in [0.29, 0.717) is 6.42 Å². The molecule has 4 heteroatoms. The molecule has 3 N–H and O–H groups in total. The first-order valence-electron chi connectivity index (χ1n) is 5.72. The number of amides is 1. The highest BCUT2D eigenvalue weighted by atomic mass is 16.2. The number of carbonyl (C=O) groups excluding carboxylic acids is 1. The molecular weight excluding hydrogens is 190 g/mol. The summed E-state index contributed by atoms with van der Waals surface area (Å²) in [5.41, 5.74) is 5.84. The second-order valence-corrected chi connectivity index (χ2v) is 4.70. The molecule has 0 aliphatic heterocycles. The third kappa shape index (κ3) is 2.69. The van der Waals surface area contributed by atoms with Gasteiger partial charge in [-0.25, -0.2) is 0 Å². The van der Waals surface area contributed by atoms with Gasteiger partial charge in [0.25, 0.3) is 0 Å². The largest absolute Gasteiger partial charge is 0.353 e. The molecule has 1 aliphatic rings. The maximum Gasteiger partial charge on any atom is 0.236 e. The normalized spacial score (nSPS) is 20.9. The molecule has 0 aromatic carbocycles. The van der Waals surface area contributed by atoms with Crippen LogP contribution in [0, 0.1) is 0 Å². The SMILES string of the molecule is CC[C@H](N)C(=O)NCC1(N(C)C)CCC1. The molecule has 1 rings (SSSR count). The number of hydrogen-bond donors (Lipinski definition) is 2. The van der Waals surface area contributed by atoms with Gasteiger partial charge in [-0.2, -0.15) is 0 Å². The monoisotopic (exact) mass is 213 g/mol. The quantitative estimate of drug-likeness (QED) is 0.691. The molecule has 0 saturated heterocycles. The zero-order valence-electron chi connectivity index (χ0n) is 10.0. The van der Waals surface area contributed by atoms with Gasteiger partial charge in [0.05, 0.1) is 6.04 Å². The predicted molar refractivity (Wildman–Crippen MR) is 61.5 cm³/mol. The van der Waals surface area contributed by atoms with Crippen molar-refractivity contribution in [1.82, 2.24) is 10.2 Å². The molecule has 0 heterocycles. The smallest absolute Gasteiger partial charge is 0.236 e. The van der Waals surface area contributed by atoms with E-state index in [9.17, 15) is 4.79 Å². The van der Waals surface area contributed by atoms with Crippen LogP contribution in [-0.2, 0) is 4.79 Å². The Morgan fingerprint density at radius 1 is 1.53 bits per heavy atom. The lowest BCUT2D eigenvalue weighted by Crippen LogP contribution is -2.58. The summed E-state index contributed by atoms with van der Waals surface area (Å²) in [6.45, 7) is 2.65. The molecule has 0 spiro atoms. The average Bonchev–Trinajstić information content (AvgIpc) is 2.14. The topological polar surface area (TPSA) is 58.4 Å². The fourth-order valence-electron chi connectivity index (χ4n) is 1.94. The molecule has 1 saturated carbocycles. The van der Waals surface area contributed by atoms with E-state index in [1.54, 1.807) is 0 Å². The third-order valence-corrected chi connectivity index (χ3v) is 3.60. The predicted octanol–water partition coefficient (Wildman–Crippen LogP) is 0.324. The standard InChI is InChI=1S/C11H23N3O/c1-4-9(12)10(15)13-8-11(14(2)3)6-5-7-11/h9H,4-8,12H2,1-3H3,(H,13,15)/t9-/m0/s1. The Balaban J connectivity index is 2.38. The van der Waals surface area contributed by atoms with E-state index in [2.05, 4.69) is 24.3 Å². The van der Waals surface area contributed by atoms with Gasteiger partial charge in [-0.05, 0) is 39.8 Å². The van der Waals surface area contributed by atoms with Crippen LogP contribution in [0.25, 0.3) is 0 Å². The van der Waals surface area contributed by atoms with Crippen LogP contribution in [0.4, 0.5) is 0 Å². The first-order valence-corrected chi connectivity index (χ1v) is 5.72. The van der Waals surface area contributed by atoms with Crippen LogP contribution in [0.15, 0.2) is 0 Å². The minimum Gasteiger partial charge on any atom is -0.353 e. The Morgan fingerprint density at radius 3 is 2.47 bits per heavy atom. The van der Waals surface area contributed by atoms with Crippen LogP contribution in [0.1, 0.15) is 32.6 Å². The maximum atomic E-state index is 11.5. The van der Waals surface area contributed by atoms with Crippen LogP contribution in [0.2, 0.25) is 0 Å². The second-order valence-electron chi connectivity index (χ2n) is 4.70. The molecule has 0 bridgehead atoms. The first-order chi connectivity index (χ1) is 7.02. The number of rotatable bonds is 5. The molecule has 0 unspecified atom stereocenters. The number of nitrogens with two attached hydrogens (primary N) is 1. The Morgan fingerprint density at radius 2 is 2.13 bits per heavy atom. The fourth-order valence-corrected chi connectivity index (χ4v) is 1.94. The summed E-state index contributed by atoms with van der Waals surface area (Å²) in [5, 5.41) is 2.95. The van der Waals surface area contributed by atoms with E-state index in [1.165, 1.54) is 19.3 Å². The van der Waals surface area contributed by atoms with Crippen molar-refractivity contribution in [3.63, 3.8) is 0 Å². The summed E-state index contributed by atoms with van der Waals surface area (Å²) in [6.07, 6.45) is 4.29. The van der Waals surface area contributed by atoms with Gasteiger partial charge < -0.3 is 16.0 Å². The van der Waals surface area contributed by atoms with Gasteiger partial charge >= 0.3 is 0 Å². The molecule has 0 radical (unpaired) electrons. The van der Waals surface area contributed by atoms with Crippen LogP contribution < -0.4 is 11.1 Å². The van der Waals surface area contributed by atoms with Crippen LogP contribution in [-0.4, -0.2) is 43.0 Å². The molecule has 1 amide bonds. The van der Waals surface area contributed by atoms with E-state index < -0.39 is 0 Å². The van der Waals surface area contributed by atoms with Crippen LogP contribution in [0.3, 0.4) is 0 Å². The van der Waals surface area contributed by atoms with E-state index in [4.69, 9.17) is 5.73 Å². The molecule has 1 atom stereocenters. The van der Waals surface area contributed by atoms with E-state index in [0.717, 1.165) is 6.54 Å². The van der Waals surface area contributed by atoms with Crippen molar-refractivity contribution in [2.45, 2.75) is 44.2 Å². The molecule has 15 heavy (non-hydrogen) atoms. The zero-order valence-corrected chi connectivity index (χ0v) is 10.0. The van der Waals surface area contributed by atoms with Gasteiger partial charge in [0, 0.05) is 12.1 Å². The number of carbonyl (C=O) groups is 1. The highest BCUT2D eigenvalue weighted by Gasteiger charge is 2.39. The van der Waals surface area contributed by atoms with Crippen molar-refractivity contribution < 1.29 is 4.79 Å². The third-order valence-electron chi connectivity index (χ3n) is 3.60. The fraction of sp³-hybridized carbons (Fsp3) is 0.909. The second kappa shape index (κ2) is 4.94. The number of hydrogen-bond acceptors (Lipinski definition) is 3. The lowest BCUT2D eigenvalue weighted by molar-refractivity contribution is -0.123. The average molecular weight is 213 g/mol. The van der Waals surface area contributed by atoms with Crippen molar-refractivity contribution in [3.05, 3.63) is 0 Å². The van der Waals surface area contributed by atoms with Crippen molar-refractivity contribution >= 4 is 5.91 Å². The lowest BCUT2D eigenvalue weighted by Gasteiger charge is -2.47. The Labute approximate surface area is 92.2 Å². The van der Waals surface area contributed by atoms with Crippen molar-refractivity contribution in [1.29, 1.82) is 0 Å². The summed E-state index contributed by atoms with van der Waals surface area (Å²) >= 11 is 0. The maximum absolute atomic E-state index is 11.5. The van der Waals surface area contributed by atoms with Crippen molar-refractivity contribution in [2.24, 2.45) is 5.73 Å². The van der Waals surface area contributed by atoms with Gasteiger partial charge in [-0.3, -0.25) is 4.79 Å². The van der Waals surface area contributed by atoms with E-state index >= 15 is 0 Å². The highest BCUT2D eigenvalue weighted by Crippen LogP contribution is 2.35. The number of nitrogens with zero attached hydrogens (tertiary/aromatic N) is 1. The molecule has 0 aromatic rings. The minimum absolute atomic E-state index is 0.0226. The molecule has 88 valence electrons. The highest BCUT2D eigenvalue weighted by molar-refractivity contribution is 5.81. The van der Waals surface area contributed by atoms with Gasteiger partial charge in [0.15, 0.2) is 0 Å². The van der Waals surface area contributed by atoms with Gasteiger partial charge in [0.2, 0.25) is 5.91 Å².